The molecule has 0 spiro atoms. The predicted octanol–water partition coefficient (Wildman–Crippen LogP) is 1.78. The van der Waals surface area contributed by atoms with Gasteiger partial charge in [0.15, 0.2) is 0 Å². The van der Waals surface area contributed by atoms with E-state index < -0.39 is 0 Å². The van der Waals surface area contributed by atoms with Crippen LogP contribution < -0.4 is 16.4 Å². The maximum absolute atomic E-state index is 9.38. The Morgan fingerprint density at radius 3 is 2.62 bits per heavy atom. The molecule has 8 N–H and O–H groups in total. The summed E-state index contributed by atoms with van der Waals surface area (Å²) in [5.41, 5.74) is 7.40. The molecule has 26 heavy (non-hydrogen) atoms. The molecule has 0 aliphatic heterocycles. The van der Waals surface area contributed by atoms with Crippen LogP contribution in [0.3, 0.4) is 0 Å². The molecule has 144 valence electrons. The van der Waals surface area contributed by atoms with Crippen molar-refractivity contribution in [2.75, 3.05) is 32.5 Å². The summed E-state index contributed by atoms with van der Waals surface area (Å²) in [6, 6.07) is 5.16. The average Bonchev–Trinajstić information content (AvgIpc) is 2.67. The predicted molar refractivity (Wildman–Crippen MR) is 114 cm³/mol. The van der Waals surface area contributed by atoms with Gasteiger partial charge in [-0.15, -0.1) is 11.8 Å². The maximum Gasteiger partial charge on any atom is 0.0958 e. The Morgan fingerprint density at radius 1 is 1.42 bits per heavy atom. The van der Waals surface area contributed by atoms with Crippen LogP contribution in [0, 0.1) is 16.2 Å². The second-order valence-corrected chi connectivity index (χ2v) is 6.48. The van der Waals surface area contributed by atoms with Crippen molar-refractivity contribution >= 4 is 46.9 Å². The molecule has 9 heteroatoms. The van der Waals surface area contributed by atoms with Gasteiger partial charge in [-0.25, -0.2) is 0 Å². The van der Waals surface area contributed by atoms with E-state index in [1.54, 1.807) is 18.2 Å². The summed E-state index contributed by atoms with van der Waals surface area (Å²) in [5, 5.41) is 37.4. The smallest absolute Gasteiger partial charge is 0.0958 e. The highest BCUT2D eigenvalue weighted by Gasteiger charge is 2.13. The van der Waals surface area contributed by atoms with Gasteiger partial charge in [0.2, 0.25) is 0 Å². The number of rotatable bonds is 10. The van der Waals surface area contributed by atoms with Crippen LogP contribution >= 0.6 is 23.4 Å². The Labute approximate surface area is 163 Å². The number of halogens is 1. The molecule has 1 rings (SSSR count). The molecule has 0 aliphatic rings. The first kappa shape index (κ1) is 24.3. The van der Waals surface area contributed by atoms with Crippen LogP contribution in [0.1, 0.15) is 11.1 Å². The van der Waals surface area contributed by atoms with Gasteiger partial charge in [0.05, 0.1) is 16.7 Å². The number of hydrogen-bond donors (Lipinski definition) is 7. The molecule has 0 bridgehead atoms. The van der Waals surface area contributed by atoms with E-state index in [1.165, 1.54) is 18.0 Å². The highest BCUT2D eigenvalue weighted by molar-refractivity contribution is 8.14. The fraction of sp³-hybridized carbons (Fsp3) is 0.353. The minimum absolute atomic E-state index is 0.0145. The van der Waals surface area contributed by atoms with E-state index in [2.05, 4.69) is 17.4 Å². The van der Waals surface area contributed by atoms with E-state index in [1.807, 2.05) is 7.05 Å². The molecule has 1 aromatic rings. The second kappa shape index (κ2) is 14.5. The lowest BCUT2D eigenvalue weighted by Gasteiger charge is -2.16. The first-order valence-corrected chi connectivity index (χ1v) is 9.21. The molecular formula is C17H27ClN6OS. The zero-order valence-corrected chi connectivity index (χ0v) is 16.4. The van der Waals surface area contributed by atoms with Crippen molar-refractivity contribution in [2.45, 2.75) is 6.04 Å². The van der Waals surface area contributed by atoms with Gasteiger partial charge in [0, 0.05) is 48.4 Å². The monoisotopic (exact) mass is 398 g/mol. The standard InChI is InChI=1S/C16H24ClN5OS.CH3N/c1-21-4-5-22-13(9-23)10-24-16(20)14-3-2-11(6-15(14)17)12(7-18)8-19;1-2/h2-3,6-8,13,18,20-23H,4-5,9-10,19H2,1H3;2H,1H2/b12-8+,18-7?,20-16?;. The van der Waals surface area contributed by atoms with Crippen molar-refractivity contribution in [1.82, 2.24) is 10.6 Å². The van der Waals surface area contributed by atoms with Crippen LogP contribution in [-0.2, 0) is 0 Å². The summed E-state index contributed by atoms with van der Waals surface area (Å²) in [6.07, 6.45) is 2.51. The van der Waals surface area contributed by atoms with E-state index in [-0.39, 0.29) is 12.6 Å². The summed E-state index contributed by atoms with van der Waals surface area (Å²) in [7, 11) is 1.87. The Kier molecular flexibility index (Phi) is 13.5. The van der Waals surface area contributed by atoms with Crippen LogP contribution in [0.4, 0.5) is 0 Å². The molecule has 0 aromatic heterocycles. The highest BCUT2D eigenvalue weighted by atomic mass is 35.5. The van der Waals surface area contributed by atoms with Gasteiger partial charge in [-0.1, -0.05) is 23.7 Å². The first-order chi connectivity index (χ1) is 12.6. The van der Waals surface area contributed by atoms with Crippen molar-refractivity contribution in [2.24, 2.45) is 5.73 Å². The Balaban J connectivity index is 0.00000301. The van der Waals surface area contributed by atoms with Crippen molar-refractivity contribution in [3.63, 3.8) is 0 Å². The zero-order chi connectivity index (χ0) is 19.9. The Morgan fingerprint density at radius 2 is 2.12 bits per heavy atom. The van der Waals surface area contributed by atoms with E-state index in [0.29, 0.717) is 27.0 Å². The van der Waals surface area contributed by atoms with Gasteiger partial charge in [0.1, 0.15) is 0 Å². The lowest BCUT2D eigenvalue weighted by atomic mass is 10.1. The lowest BCUT2D eigenvalue weighted by molar-refractivity contribution is 0.254. The van der Waals surface area contributed by atoms with E-state index in [0.717, 1.165) is 24.9 Å². The molecule has 0 fully saturated rings. The maximum atomic E-state index is 9.38. The highest BCUT2D eigenvalue weighted by Crippen LogP contribution is 2.25. The number of benzene rings is 1. The van der Waals surface area contributed by atoms with E-state index >= 15 is 0 Å². The summed E-state index contributed by atoms with van der Waals surface area (Å²) in [5.74, 6) is 0.575. The molecule has 0 heterocycles. The quantitative estimate of drug-likeness (QED) is 0.183. The largest absolute Gasteiger partial charge is 0.404 e. The van der Waals surface area contributed by atoms with Crippen molar-refractivity contribution in [3.05, 3.63) is 40.5 Å². The number of aliphatic hydroxyl groups excluding tert-OH is 1. The van der Waals surface area contributed by atoms with Gasteiger partial charge >= 0.3 is 0 Å². The summed E-state index contributed by atoms with van der Waals surface area (Å²) in [6.45, 7) is 4.08. The SMILES string of the molecule is C=N.CNCCNC(CO)CSC(=N)c1ccc(/C(C=N)=C/N)cc1Cl. The summed E-state index contributed by atoms with van der Waals surface area (Å²) in [4.78, 5) is 0. The average molecular weight is 399 g/mol. The molecule has 0 amide bonds. The number of nitrogens with one attached hydrogen (secondary N) is 5. The van der Waals surface area contributed by atoms with Gasteiger partial charge in [-0.3, -0.25) is 5.41 Å². The third kappa shape index (κ3) is 8.11. The number of allylic oxidation sites excluding steroid dienone is 1. The Hall–Kier alpha value is -1.71. The normalized spacial score (nSPS) is 12.0. The zero-order valence-electron chi connectivity index (χ0n) is 14.8. The summed E-state index contributed by atoms with van der Waals surface area (Å²) < 4.78 is 0. The third-order valence-corrected chi connectivity index (χ3v) is 4.73. The van der Waals surface area contributed by atoms with Crippen molar-refractivity contribution in [1.29, 1.82) is 16.2 Å². The van der Waals surface area contributed by atoms with Crippen LogP contribution in [0.2, 0.25) is 5.02 Å². The Bertz CT molecular complexity index is 611. The number of thioether (sulfide) groups is 1. The first-order valence-electron chi connectivity index (χ1n) is 7.85. The molecule has 7 nitrogen and oxygen atoms in total. The minimum atomic E-state index is -0.0774. The number of aliphatic hydroxyl groups is 1. The molecule has 0 aliphatic carbocycles. The second-order valence-electron chi connectivity index (χ2n) is 5.04. The molecular weight excluding hydrogens is 372 g/mol. The third-order valence-electron chi connectivity index (χ3n) is 3.34. The lowest BCUT2D eigenvalue weighted by Crippen LogP contribution is -2.38. The van der Waals surface area contributed by atoms with Gasteiger partial charge < -0.3 is 32.3 Å². The summed E-state index contributed by atoms with van der Waals surface area (Å²) >= 11 is 7.60. The van der Waals surface area contributed by atoms with Crippen LogP contribution in [0.15, 0.2) is 24.4 Å². The van der Waals surface area contributed by atoms with Crippen LogP contribution in [0.25, 0.3) is 5.57 Å². The number of nitrogens with two attached hydrogens (primary N) is 1. The topological polar surface area (TPSA) is 142 Å². The molecule has 0 radical (unpaired) electrons. The van der Waals surface area contributed by atoms with Crippen molar-refractivity contribution in [3.8, 4) is 0 Å². The molecule has 0 saturated heterocycles. The molecule has 1 unspecified atom stereocenters. The van der Waals surface area contributed by atoms with Crippen LogP contribution in [-0.4, -0.2) is 61.6 Å². The number of hydrogen-bond acceptors (Lipinski definition) is 8. The molecule has 0 saturated carbocycles. The molecule has 1 aromatic carbocycles. The van der Waals surface area contributed by atoms with E-state index in [9.17, 15) is 5.11 Å². The van der Waals surface area contributed by atoms with Gasteiger partial charge in [0.25, 0.3) is 0 Å². The van der Waals surface area contributed by atoms with E-state index in [4.69, 9.17) is 33.6 Å². The van der Waals surface area contributed by atoms with Gasteiger partial charge in [-0.05, 0) is 25.4 Å². The van der Waals surface area contributed by atoms with Crippen LogP contribution in [0.5, 0.6) is 0 Å². The number of likely N-dealkylation sites (N-methyl/N-ethyl adjacent to an activating group) is 1. The van der Waals surface area contributed by atoms with Gasteiger partial charge in [-0.2, -0.15) is 0 Å². The van der Waals surface area contributed by atoms with Crippen molar-refractivity contribution < 1.29 is 5.11 Å². The minimum Gasteiger partial charge on any atom is -0.404 e. The fourth-order valence-electron chi connectivity index (χ4n) is 1.95. The fourth-order valence-corrected chi connectivity index (χ4v) is 3.20. The molecule has 1 atom stereocenters.